The molecule has 158 valence electrons. The number of fused-ring (bicyclic) bond motifs is 1. The van der Waals surface area contributed by atoms with Crippen LogP contribution < -0.4 is 19.9 Å². The van der Waals surface area contributed by atoms with Crippen molar-refractivity contribution < 1.29 is 24.2 Å². The molecule has 9 heteroatoms. The summed E-state index contributed by atoms with van der Waals surface area (Å²) in [5, 5.41) is 12.2. The van der Waals surface area contributed by atoms with Gasteiger partial charge < -0.3 is 29.7 Å². The first-order valence-corrected chi connectivity index (χ1v) is 10.1. The van der Waals surface area contributed by atoms with Crippen LogP contribution in [0, 0.1) is 11.8 Å². The molecule has 1 aliphatic carbocycles. The number of morpholine rings is 1. The van der Waals surface area contributed by atoms with Crippen LogP contribution in [0.25, 0.3) is 0 Å². The first-order chi connectivity index (χ1) is 13.9. The van der Waals surface area contributed by atoms with Crippen molar-refractivity contribution in [3.8, 4) is 5.88 Å². The second kappa shape index (κ2) is 7.70. The van der Waals surface area contributed by atoms with E-state index in [1.165, 1.54) is 7.11 Å². The van der Waals surface area contributed by atoms with Crippen molar-refractivity contribution >= 4 is 23.5 Å². The third kappa shape index (κ3) is 3.59. The molecule has 0 aromatic carbocycles. The third-order valence-electron chi connectivity index (χ3n) is 6.17. The smallest absolute Gasteiger partial charge is 0.405 e. The van der Waals surface area contributed by atoms with Crippen LogP contribution in [0.4, 0.5) is 16.3 Å². The monoisotopic (exact) mass is 404 g/mol. The van der Waals surface area contributed by atoms with Crippen LogP contribution in [0.15, 0.2) is 6.07 Å². The molecule has 0 unspecified atom stereocenters. The number of carbonyl (C=O) groups is 2. The fourth-order valence-corrected chi connectivity index (χ4v) is 4.75. The number of carbonyl (C=O) groups excluding carboxylic acids is 1. The summed E-state index contributed by atoms with van der Waals surface area (Å²) in [6.45, 7) is 6.18. The van der Waals surface area contributed by atoms with E-state index in [1.807, 2.05) is 13.0 Å². The van der Waals surface area contributed by atoms with Gasteiger partial charge in [-0.3, -0.25) is 4.79 Å². The van der Waals surface area contributed by atoms with Crippen molar-refractivity contribution in [1.82, 2.24) is 10.3 Å². The number of ether oxygens (including phenoxy) is 2. The second-order valence-electron chi connectivity index (χ2n) is 8.03. The fraction of sp³-hybridized carbons (Fsp3) is 0.650. The number of nitrogens with one attached hydrogen (secondary N) is 1. The van der Waals surface area contributed by atoms with Gasteiger partial charge in [-0.05, 0) is 24.8 Å². The molecule has 2 aliphatic heterocycles. The number of hydrogen-bond acceptors (Lipinski definition) is 6. The standard InChI is InChI=1S/C20H28N4O5/c1-11-16(22-20(26)27)14-10-15(23-6-8-29-9-7-23)21-19(28-3)18(14)24(12(2)25)17(11)13-4-5-13/h10-11,13,16-17,22H,4-9H2,1-3H3,(H,26,27)/t11-,16-,17-/m1/s1. The molecule has 0 spiro atoms. The zero-order chi connectivity index (χ0) is 20.7. The van der Waals surface area contributed by atoms with E-state index in [4.69, 9.17) is 14.5 Å². The summed E-state index contributed by atoms with van der Waals surface area (Å²) in [7, 11) is 1.54. The molecule has 0 bridgehead atoms. The van der Waals surface area contributed by atoms with Crippen molar-refractivity contribution in [1.29, 1.82) is 0 Å². The summed E-state index contributed by atoms with van der Waals surface area (Å²) < 4.78 is 11.1. The second-order valence-corrected chi connectivity index (χ2v) is 8.03. The molecule has 9 nitrogen and oxygen atoms in total. The van der Waals surface area contributed by atoms with Crippen LogP contribution in [0.2, 0.25) is 0 Å². The van der Waals surface area contributed by atoms with E-state index < -0.39 is 12.1 Å². The van der Waals surface area contributed by atoms with Crippen molar-refractivity contribution in [3.63, 3.8) is 0 Å². The topological polar surface area (TPSA) is 104 Å². The summed E-state index contributed by atoms with van der Waals surface area (Å²) in [5.74, 6) is 1.28. The predicted molar refractivity (Wildman–Crippen MR) is 107 cm³/mol. The summed E-state index contributed by atoms with van der Waals surface area (Å²) in [4.78, 5) is 32.9. The Morgan fingerprint density at radius 1 is 1.31 bits per heavy atom. The average molecular weight is 404 g/mol. The van der Waals surface area contributed by atoms with E-state index in [-0.39, 0.29) is 17.9 Å². The van der Waals surface area contributed by atoms with E-state index in [1.54, 1.807) is 11.8 Å². The Morgan fingerprint density at radius 3 is 2.55 bits per heavy atom. The number of amides is 2. The van der Waals surface area contributed by atoms with E-state index in [0.717, 1.165) is 18.4 Å². The van der Waals surface area contributed by atoms with Gasteiger partial charge in [0, 0.05) is 37.5 Å². The highest BCUT2D eigenvalue weighted by Gasteiger charge is 2.49. The number of nitrogens with zero attached hydrogens (tertiary/aromatic N) is 3. The average Bonchev–Trinajstić information content (AvgIpc) is 3.54. The molecular weight excluding hydrogens is 376 g/mol. The highest BCUT2D eigenvalue weighted by Crippen LogP contribution is 2.52. The number of methoxy groups -OCH3 is 1. The first-order valence-electron chi connectivity index (χ1n) is 10.1. The SMILES string of the molecule is COc1nc(N2CCOCC2)cc2c1N(C(C)=O)[C@@H](C1CC1)[C@H](C)[C@H]2NC(=O)O. The highest BCUT2D eigenvalue weighted by atomic mass is 16.5. The number of anilines is 2. The normalized spacial score (nSPS) is 26.7. The van der Waals surface area contributed by atoms with Gasteiger partial charge in [0.1, 0.15) is 11.5 Å². The van der Waals surface area contributed by atoms with Crippen molar-refractivity contribution in [3.05, 3.63) is 11.6 Å². The van der Waals surface area contributed by atoms with Gasteiger partial charge in [0.25, 0.3) is 0 Å². The van der Waals surface area contributed by atoms with Gasteiger partial charge in [-0.25, -0.2) is 4.79 Å². The Balaban J connectivity index is 1.87. The lowest BCUT2D eigenvalue weighted by atomic mass is 9.80. The molecule has 3 aliphatic rings. The molecular formula is C20H28N4O5. The first kappa shape index (κ1) is 19.8. The lowest BCUT2D eigenvalue weighted by Crippen LogP contribution is -2.53. The zero-order valence-electron chi connectivity index (χ0n) is 17.1. The van der Waals surface area contributed by atoms with E-state index in [0.29, 0.717) is 49.6 Å². The third-order valence-corrected chi connectivity index (χ3v) is 6.17. The Kier molecular flexibility index (Phi) is 5.24. The number of aromatic nitrogens is 1. The maximum atomic E-state index is 12.7. The molecule has 2 N–H and O–H groups in total. The van der Waals surface area contributed by atoms with Crippen LogP contribution >= 0.6 is 0 Å². The van der Waals surface area contributed by atoms with Gasteiger partial charge in [-0.2, -0.15) is 4.98 Å². The van der Waals surface area contributed by atoms with Gasteiger partial charge in [-0.15, -0.1) is 0 Å². The van der Waals surface area contributed by atoms with Gasteiger partial charge in [-0.1, -0.05) is 6.92 Å². The zero-order valence-corrected chi connectivity index (χ0v) is 17.1. The fourth-order valence-electron chi connectivity index (χ4n) is 4.75. The number of pyridine rings is 1. The molecule has 1 saturated carbocycles. The minimum absolute atomic E-state index is 0.0698. The minimum Gasteiger partial charge on any atom is -0.479 e. The predicted octanol–water partition coefficient (Wildman–Crippen LogP) is 2.02. The molecule has 1 saturated heterocycles. The lowest BCUT2D eigenvalue weighted by Gasteiger charge is -2.45. The maximum Gasteiger partial charge on any atom is 0.405 e. The number of carboxylic acid groups (broad SMARTS) is 1. The molecule has 1 aromatic heterocycles. The van der Waals surface area contributed by atoms with Crippen LogP contribution in [0.1, 0.15) is 38.3 Å². The Bertz CT molecular complexity index is 806. The lowest BCUT2D eigenvalue weighted by molar-refractivity contribution is -0.117. The molecule has 1 aromatic rings. The quantitative estimate of drug-likeness (QED) is 0.791. The molecule has 4 rings (SSSR count). The van der Waals surface area contributed by atoms with Crippen molar-refractivity contribution in [2.75, 3.05) is 43.2 Å². The molecule has 2 amide bonds. The summed E-state index contributed by atoms with van der Waals surface area (Å²) in [6.07, 6.45) is 0.993. The van der Waals surface area contributed by atoms with Crippen LogP contribution in [0.5, 0.6) is 5.88 Å². The Hall–Kier alpha value is -2.55. The van der Waals surface area contributed by atoms with E-state index in [2.05, 4.69) is 10.2 Å². The van der Waals surface area contributed by atoms with Crippen molar-refractivity contribution in [2.24, 2.45) is 11.8 Å². The molecule has 0 radical (unpaired) electrons. The van der Waals surface area contributed by atoms with Gasteiger partial charge in [0.05, 0.1) is 26.4 Å². The van der Waals surface area contributed by atoms with E-state index >= 15 is 0 Å². The largest absolute Gasteiger partial charge is 0.479 e. The molecule has 2 fully saturated rings. The summed E-state index contributed by atoms with van der Waals surface area (Å²) in [5.41, 5.74) is 1.33. The van der Waals surface area contributed by atoms with Crippen LogP contribution in [0.3, 0.4) is 0 Å². The molecule has 29 heavy (non-hydrogen) atoms. The maximum absolute atomic E-state index is 12.7. The number of rotatable bonds is 4. The number of hydrogen-bond donors (Lipinski definition) is 2. The summed E-state index contributed by atoms with van der Waals surface area (Å²) in [6, 6.07) is 1.38. The van der Waals surface area contributed by atoms with E-state index in [9.17, 15) is 14.7 Å². The Morgan fingerprint density at radius 2 is 2.00 bits per heavy atom. The highest BCUT2D eigenvalue weighted by molar-refractivity contribution is 5.96. The van der Waals surface area contributed by atoms with Crippen LogP contribution in [-0.2, 0) is 9.53 Å². The Labute approximate surface area is 170 Å². The van der Waals surface area contributed by atoms with Gasteiger partial charge in [0.2, 0.25) is 11.8 Å². The summed E-state index contributed by atoms with van der Waals surface area (Å²) >= 11 is 0. The molecule has 3 atom stereocenters. The van der Waals surface area contributed by atoms with Crippen molar-refractivity contribution in [2.45, 2.75) is 38.8 Å². The van der Waals surface area contributed by atoms with Gasteiger partial charge >= 0.3 is 6.09 Å². The molecule has 3 heterocycles. The van der Waals surface area contributed by atoms with Crippen LogP contribution in [-0.4, -0.2) is 61.5 Å². The minimum atomic E-state index is -1.08. The van der Waals surface area contributed by atoms with Gasteiger partial charge in [0.15, 0.2) is 0 Å².